The number of halogens is 2. The summed E-state index contributed by atoms with van der Waals surface area (Å²) in [4.78, 5) is 32.0. The first-order chi connectivity index (χ1) is 27.0. The Bertz CT molecular complexity index is 2490. The van der Waals surface area contributed by atoms with Gasteiger partial charge < -0.3 is 18.9 Å². The lowest BCUT2D eigenvalue weighted by molar-refractivity contribution is -0.146. The Morgan fingerprint density at radius 2 is 1.70 bits per heavy atom. The van der Waals surface area contributed by atoms with E-state index in [1.54, 1.807) is 39.7 Å². The highest BCUT2D eigenvalue weighted by Crippen LogP contribution is 2.60. The second-order valence-electron chi connectivity index (χ2n) is 15.7. The van der Waals surface area contributed by atoms with Gasteiger partial charge in [-0.2, -0.15) is 0 Å². The number of benzene rings is 5. The number of aliphatic hydroxyl groups is 1. The van der Waals surface area contributed by atoms with Crippen molar-refractivity contribution in [3.05, 3.63) is 148 Å². The molecule has 0 bridgehead atoms. The van der Waals surface area contributed by atoms with Crippen LogP contribution in [0.2, 0.25) is 23.7 Å². The fourth-order valence-corrected chi connectivity index (χ4v) is 12.2. The molecule has 1 unspecified atom stereocenters. The number of fused-ring (bicyclic) bond motifs is 2. The first kappa shape index (κ1) is 36.4. The molecule has 6 aromatic rings. The van der Waals surface area contributed by atoms with Crippen molar-refractivity contribution in [2.45, 2.75) is 62.7 Å². The number of aliphatic hydroxyl groups excluding tert-OH is 1. The largest absolute Gasteiger partial charge is 0.395 e. The summed E-state index contributed by atoms with van der Waals surface area (Å²) in [7, 11) is -3.41. The quantitative estimate of drug-likeness (QED) is 0.110. The molecular weight excluding hydrogens is 745 g/mol. The third kappa shape index (κ3) is 5.79. The molecule has 5 aromatic carbocycles. The van der Waals surface area contributed by atoms with Crippen LogP contribution < -0.4 is 9.80 Å². The number of carbonyl (C=O) groups is 2. The maximum absolute atomic E-state index is 16.5. The van der Waals surface area contributed by atoms with Crippen molar-refractivity contribution >= 4 is 59.7 Å². The minimum Gasteiger partial charge on any atom is -0.395 e. The molecule has 1 aromatic heterocycles. The Morgan fingerprint density at radius 1 is 0.946 bits per heavy atom. The number of aryl methyl sites for hydroxylation is 1. The number of hydrogen-bond donors (Lipinski definition) is 1. The summed E-state index contributed by atoms with van der Waals surface area (Å²) >= 11 is 6.61. The van der Waals surface area contributed by atoms with E-state index in [0.29, 0.717) is 40.5 Å². The summed E-state index contributed by atoms with van der Waals surface area (Å²) in [5, 5.41) is 21.3. The second-order valence-corrected chi connectivity index (χ2v) is 19.9. The second kappa shape index (κ2) is 13.8. The zero-order valence-corrected chi connectivity index (χ0v) is 33.0. The SMILES string of the molecule is C[C@H]1[C@H]([Si](C)(C)F)[C@@H](CCn2cc(C(CO)c3ccccc3)nn2)O[C@]12C(=O)N(Cc1ccc(N3C(=O)c4cccc5cccc3c45)cc1)c1ccc(Cl)cc12. The van der Waals surface area contributed by atoms with E-state index in [-0.39, 0.29) is 30.9 Å². The number of nitrogens with zero attached hydrogens (tertiary/aromatic N) is 5. The van der Waals surface area contributed by atoms with Gasteiger partial charge in [0.2, 0.25) is 8.41 Å². The third-order valence-electron chi connectivity index (χ3n) is 12.0. The van der Waals surface area contributed by atoms with Crippen LogP contribution in [-0.4, -0.2) is 53.0 Å². The zero-order valence-electron chi connectivity index (χ0n) is 31.3. The van der Waals surface area contributed by atoms with Gasteiger partial charge >= 0.3 is 0 Å². The Labute approximate surface area is 330 Å². The van der Waals surface area contributed by atoms with Crippen LogP contribution >= 0.6 is 11.6 Å². The van der Waals surface area contributed by atoms with Crippen LogP contribution in [-0.2, 0) is 28.2 Å². The van der Waals surface area contributed by atoms with Crippen LogP contribution in [0.25, 0.3) is 10.8 Å². The summed E-state index contributed by atoms with van der Waals surface area (Å²) in [5.74, 6) is -1.13. The molecule has 284 valence electrons. The van der Waals surface area contributed by atoms with Crippen molar-refractivity contribution in [1.82, 2.24) is 15.0 Å². The smallest absolute Gasteiger partial charge is 0.264 e. The van der Waals surface area contributed by atoms with Gasteiger partial charge in [-0.25, -0.2) is 0 Å². The minimum atomic E-state index is -3.41. The normalized spacial score (nSPS) is 22.1. The van der Waals surface area contributed by atoms with Gasteiger partial charge in [0, 0.05) is 45.9 Å². The monoisotopic (exact) mass is 785 g/mol. The highest BCUT2D eigenvalue weighted by atomic mass is 35.5. The predicted molar refractivity (Wildman–Crippen MR) is 218 cm³/mol. The van der Waals surface area contributed by atoms with Crippen LogP contribution in [0.5, 0.6) is 0 Å². The Kier molecular flexibility index (Phi) is 8.96. The van der Waals surface area contributed by atoms with E-state index < -0.39 is 31.6 Å². The highest BCUT2D eigenvalue weighted by Gasteiger charge is 2.66. The molecule has 1 saturated heterocycles. The van der Waals surface area contributed by atoms with Crippen LogP contribution in [0.1, 0.15) is 52.0 Å². The molecule has 0 radical (unpaired) electrons. The first-order valence-electron chi connectivity index (χ1n) is 19.0. The molecular formula is C44H41ClFN5O4Si. The van der Waals surface area contributed by atoms with Gasteiger partial charge in [-0.3, -0.25) is 19.2 Å². The number of anilines is 3. The van der Waals surface area contributed by atoms with Crippen molar-refractivity contribution in [3.63, 3.8) is 0 Å². The summed E-state index contributed by atoms with van der Waals surface area (Å²) in [6, 6.07) is 34.5. The van der Waals surface area contributed by atoms with E-state index in [1.807, 2.05) is 110 Å². The molecule has 9 nitrogen and oxygen atoms in total. The topological polar surface area (TPSA) is 101 Å². The van der Waals surface area contributed by atoms with Gasteiger partial charge in [0.1, 0.15) is 0 Å². The lowest BCUT2D eigenvalue weighted by atomic mass is 9.82. The minimum absolute atomic E-state index is 0.0753. The average Bonchev–Trinajstić information content (AvgIpc) is 3.92. The first-order valence-corrected chi connectivity index (χ1v) is 22.3. The molecule has 56 heavy (non-hydrogen) atoms. The zero-order chi connectivity index (χ0) is 38.9. The number of ether oxygens (including phenoxy) is 1. The Hall–Kier alpha value is -5.20. The van der Waals surface area contributed by atoms with Crippen molar-refractivity contribution in [3.8, 4) is 0 Å². The van der Waals surface area contributed by atoms with E-state index >= 15 is 4.11 Å². The maximum Gasteiger partial charge on any atom is 0.264 e. The molecule has 0 aliphatic carbocycles. The predicted octanol–water partition coefficient (Wildman–Crippen LogP) is 8.91. The van der Waals surface area contributed by atoms with E-state index in [4.69, 9.17) is 16.3 Å². The van der Waals surface area contributed by atoms with Crippen LogP contribution in [0.4, 0.5) is 21.2 Å². The molecule has 1 N–H and O–H groups in total. The number of amides is 2. The van der Waals surface area contributed by atoms with E-state index in [2.05, 4.69) is 10.3 Å². The van der Waals surface area contributed by atoms with Crippen LogP contribution in [0.15, 0.2) is 115 Å². The number of aromatic nitrogens is 3. The van der Waals surface area contributed by atoms with Gasteiger partial charge in [0.25, 0.3) is 11.8 Å². The van der Waals surface area contributed by atoms with Crippen molar-refractivity contribution in [2.24, 2.45) is 5.92 Å². The van der Waals surface area contributed by atoms with Gasteiger partial charge in [-0.15, -0.1) is 5.10 Å². The molecule has 0 saturated carbocycles. The fraction of sp³-hybridized carbons (Fsp3) is 0.273. The van der Waals surface area contributed by atoms with E-state index in [0.717, 1.165) is 33.3 Å². The summed E-state index contributed by atoms with van der Waals surface area (Å²) in [6.45, 7) is 5.82. The number of carbonyl (C=O) groups excluding carboxylic acids is 2. The van der Waals surface area contributed by atoms with Crippen molar-refractivity contribution in [1.29, 1.82) is 0 Å². The third-order valence-corrected chi connectivity index (χ3v) is 14.6. The summed E-state index contributed by atoms with van der Waals surface area (Å²) in [6.07, 6.45) is 1.65. The fourth-order valence-electron chi connectivity index (χ4n) is 9.45. The molecule has 1 spiro atoms. The van der Waals surface area contributed by atoms with Gasteiger partial charge in [0.15, 0.2) is 5.60 Å². The van der Waals surface area contributed by atoms with Crippen molar-refractivity contribution < 1.29 is 23.5 Å². The molecule has 3 aliphatic heterocycles. The van der Waals surface area contributed by atoms with Gasteiger partial charge in [0.05, 0.1) is 47.8 Å². The number of rotatable bonds is 10. The van der Waals surface area contributed by atoms with Crippen LogP contribution in [0.3, 0.4) is 0 Å². The molecule has 9 rings (SSSR count). The summed E-state index contributed by atoms with van der Waals surface area (Å²) < 4.78 is 25.1. The maximum atomic E-state index is 16.5. The number of hydrogen-bond acceptors (Lipinski definition) is 6. The van der Waals surface area contributed by atoms with Gasteiger partial charge in [-0.1, -0.05) is 90.5 Å². The molecule has 2 amide bonds. The molecule has 5 atom stereocenters. The van der Waals surface area contributed by atoms with E-state index in [9.17, 15) is 14.7 Å². The lowest BCUT2D eigenvalue weighted by Crippen LogP contribution is -2.45. The average molecular weight is 786 g/mol. The van der Waals surface area contributed by atoms with Gasteiger partial charge in [-0.05, 0) is 78.5 Å². The van der Waals surface area contributed by atoms with E-state index in [1.165, 1.54) is 0 Å². The Morgan fingerprint density at radius 3 is 2.43 bits per heavy atom. The lowest BCUT2D eigenvalue weighted by Gasteiger charge is -2.31. The molecule has 1 fully saturated rings. The highest BCUT2D eigenvalue weighted by molar-refractivity contribution is 6.72. The Balaban J connectivity index is 0.985. The molecule has 12 heteroatoms. The molecule has 3 aliphatic rings. The molecule has 4 heterocycles. The van der Waals surface area contributed by atoms with Crippen molar-refractivity contribution in [2.75, 3.05) is 16.4 Å². The van der Waals surface area contributed by atoms with Crippen LogP contribution in [0, 0.1) is 5.92 Å². The summed E-state index contributed by atoms with van der Waals surface area (Å²) in [5.41, 5.74) is 4.10. The standard InChI is InChI=1S/C44H41ClFN5O4Si/c1-27-41(56(2,3)46)39(21-22-49-25-36(47-48-49)34(26-52)29-9-5-4-6-10-29)55-44(27)35-23-31(45)17-20-37(35)50(43(44)54)24-28-15-18-32(19-16-28)51-38-14-8-12-30-11-7-13-33(40(30)38)42(51)53/h4-20,23,25,27,34,39,41,52H,21-22,24,26H2,1-3H3/t27-,34?,39+,41-,44+/m0/s1.